The van der Waals surface area contributed by atoms with E-state index in [4.69, 9.17) is 16.7 Å². The summed E-state index contributed by atoms with van der Waals surface area (Å²) in [5, 5.41) is 13.4. The summed E-state index contributed by atoms with van der Waals surface area (Å²) in [5.41, 5.74) is 2.62. The lowest BCUT2D eigenvalue weighted by Crippen LogP contribution is -2.17. The molecule has 1 aromatic carbocycles. The number of aromatic nitrogens is 2. The number of hydrogen-bond acceptors (Lipinski definition) is 3. The predicted octanol–water partition coefficient (Wildman–Crippen LogP) is 2.81. The van der Waals surface area contributed by atoms with Gasteiger partial charge in [-0.2, -0.15) is 5.10 Å². The third-order valence-electron chi connectivity index (χ3n) is 3.01. The van der Waals surface area contributed by atoms with E-state index in [-0.39, 0.29) is 0 Å². The first-order valence-corrected chi connectivity index (χ1v) is 6.73. The molecule has 0 aliphatic rings. The Morgan fingerprint density at radius 2 is 2.29 bits per heavy atom. The average Bonchev–Trinajstić information content (AvgIpc) is 2.82. The number of rotatable bonds is 5. The molecular formula is C15H16ClN3O2. The van der Waals surface area contributed by atoms with E-state index in [0.29, 0.717) is 17.1 Å². The van der Waals surface area contributed by atoms with E-state index in [1.165, 1.54) is 6.08 Å². The van der Waals surface area contributed by atoms with Gasteiger partial charge in [0.2, 0.25) is 0 Å². The molecule has 0 radical (unpaired) electrons. The van der Waals surface area contributed by atoms with Gasteiger partial charge in [-0.05, 0) is 18.2 Å². The van der Waals surface area contributed by atoms with Gasteiger partial charge >= 0.3 is 5.97 Å². The number of carbonyl (C=O) groups is 1. The zero-order chi connectivity index (χ0) is 15.4. The van der Waals surface area contributed by atoms with Gasteiger partial charge in [0.15, 0.2) is 0 Å². The highest BCUT2D eigenvalue weighted by Gasteiger charge is 2.10. The maximum Gasteiger partial charge on any atom is 0.328 e. The first-order chi connectivity index (χ1) is 9.97. The molecule has 21 heavy (non-hydrogen) atoms. The molecule has 0 bridgehead atoms. The molecule has 2 rings (SSSR count). The summed E-state index contributed by atoms with van der Waals surface area (Å²) in [7, 11) is 3.79. The fourth-order valence-corrected chi connectivity index (χ4v) is 2.32. The Balaban J connectivity index is 2.29. The molecule has 1 heterocycles. The zero-order valence-electron chi connectivity index (χ0n) is 11.8. The molecule has 0 aliphatic carbocycles. The summed E-state index contributed by atoms with van der Waals surface area (Å²) in [6, 6.07) is 5.49. The second-order valence-corrected chi connectivity index (χ2v) is 5.13. The minimum absolute atomic E-state index is 0.517. The molecule has 0 unspecified atom stereocenters. The average molecular weight is 306 g/mol. The van der Waals surface area contributed by atoms with Gasteiger partial charge < -0.3 is 10.0 Å². The lowest BCUT2D eigenvalue weighted by atomic mass is 10.1. The number of halogens is 1. The van der Waals surface area contributed by atoms with Crippen LogP contribution in [0.4, 0.5) is 5.69 Å². The van der Waals surface area contributed by atoms with Crippen molar-refractivity contribution in [1.29, 1.82) is 0 Å². The number of benzene rings is 1. The maximum atomic E-state index is 10.7. The van der Waals surface area contributed by atoms with Crippen LogP contribution >= 0.6 is 11.6 Å². The van der Waals surface area contributed by atoms with Gasteiger partial charge in [-0.1, -0.05) is 17.7 Å². The van der Waals surface area contributed by atoms with Crippen molar-refractivity contribution < 1.29 is 9.90 Å². The molecule has 1 aromatic heterocycles. The Hall–Kier alpha value is -2.27. The van der Waals surface area contributed by atoms with Crippen molar-refractivity contribution in [1.82, 2.24) is 9.78 Å². The van der Waals surface area contributed by atoms with Crippen LogP contribution in [0, 0.1) is 0 Å². The largest absolute Gasteiger partial charge is 0.478 e. The second-order valence-electron chi connectivity index (χ2n) is 4.72. The van der Waals surface area contributed by atoms with Crippen LogP contribution in [0.1, 0.15) is 11.1 Å². The van der Waals surface area contributed by atoms with Crippen molar-refractivity contribution in [2.24, 2.45) is 7.05 Å². The van der Waals surface area contributed by atoms with Gasteiger partial charge in [0.05, 0.1) is 6.20 Å². The van der Waals surface area contributed by atoms with E-state index in [1.807, 2.05) is 37.3 Å². The minimum Gasteiger partial charge on any atom is -0.478 e. The third-order valence-corrected chi connectivity index (χ3v) is 3.34. The van der Waals surface area contributed by atoms with E-state index >= 15 is 0 Å². The zero-order valence-corrected chi connectivity index (χ0v) is 12.6. The van der Waals surface area contributed by atoms with Crippen LogP contribution in [0.5, 0.6) is 0 Å². The van der Waals surface area contributed by atoms with Gasteiger partial charge in [-0.3, -0.25) is 4.68 Å². The summed E-state index contributed by atoms with van der Waals surface area (Å²) < 4.78 is 1.74. The van der Waals surface area contributed by atoms with Crippen LogP contribution in [0.2, 0.25) is 5.02 Å². The van der Waals surface area contributed by atoms with Crippen LogP contribution in [-0.4, -0.2) is 27.9 Å². The van der Waals surface area contributed by atoms with Crippen LogP contribution in [-0.2, 0) is 18.4 Å². The molecule has 1 N–H and O–H groups in total. The SMILES string of the molecule is CN(Cc1cnn(C)c1)c1cccc(Cl)c1C=CC(=O)O. The monoisotopic (exact) mass is 305 g/mol. The minimum atomic E-state index is -1.00. The van der Waals surface area contributed by atoms with Gasteiger partial charge in [0.25, 0.3) is 0 Å². The van der Waals surface area contributed by atoms with E-state index in [2.05, 4.69) is 5.10 Å². The molecule has 0 fully saturated rings. The Morgan fingerprint density at radius 3 is 2.90 bits per heavy atom. The van der Waals surface area contributed by atoms with Crippen molar-refractivity contribution in [3.8, 4) is 0 Å². The standard InChI is InChI=1S/C15H16ClN3O2/c1-18(9-11-8-17-19(2)10-11)14-5-3-4-13(16)12(14)6-7-15(20)21/h3-8,10H,9H2,1-2H3,(H,20,21). The highest BCUT2D eigenvalue weighted by Crippen LogP contribution is 2.29. The summed E-state index contributed by atoms with van der Waals surface area (Å²) in [6.45, 7) is 0.655. The van der Waals surface area contributed by atoms with Crippen molar-refractivity contribution in [3.63, 3.8) is 0 Å². The molecule has 0 saturated carbocycles. The number of anilines is 1. The molecular weight excluding hydrogens is 290 g/mol. The van der Waals surface area contributed by atoms with E-state index < -0.39 is 5.97 Å². The molecule has 0 atom stereocenters. The second kappa shape index (κ2) is 6.45. The summed E-state index contributed by atoms with van der Waals surface area (Å²) in [6.07, 6.45) is 6.34. The van der Waals surface area contributed by atoms with Crippen LogP contribution in [0.15, 0.2) is 36.7 Å². The summed E-state index contributed by atoms with van der Waals surface area (Å²) >= 11 is 6.18. The van der Waals surface area contributed by atoms with Crippen LogP contribution in [0.25, 0.3) is 6.08 Å². The molecule has 110 valence electrons. The molecule has 0 saturated heterocycles. The van der Waals surface area contributed by atoms with Crippen LogP contribution < -0.4 is 4.90 Å². The number of nitrogens with zero attached hydrogens (tertiary/aromatic N) is 3. The number of hydrogen-bond donors (Lipinski definition) is 1. The Morgan fingerprint density at radius 1 is 1.52 bits per heavy atom. The fourth-order valence-electron chi connectivity index (χ4n) is 2.09. The van der Waals surface area contributed by atoms with Crippen molar-refractivity contribution in [3.05, 3.63) is 52.8 Å². The fraction of sp³-hybridized carbons (Fsp3) is 0.200. The Labute approximate surface area is 128 Å². The van der Waals surface area contributed by atoms with Crippen molar-refractivity contribution in [2.75, 3.05) is 11.9 Å². The molecule has 0 amide bonds. The highest BCUT2D eigenvalue weighted by molar-refractivity contribution is 6.32. The lowest BCUT2D eigenvalue weighted by Gasteiger charge is -2.21. The van der Waals surface area contributed by atoms with Gasteiger partial charge in [-0.15, -0.1) is 0 Å². The predicted molar refractivity (Wildman–Crippen MR) is 83.4 cm³/mol. The lowest BCUT2D eigenvalue weighted by molar-refractivity contribution is -0.131. The number of carboxylic acid groups (broad SMARTS) is 1. The third kappa shape index (κ3) is 3.86. The first kappa shape index (κ1) is 15.1. The van der Waals surface area contributed by atoms with Crippen molar-refractivity contribution in [2.45, 2.75) is 6.54 Å². The van der Waals surface area contributed by atoms with E-state index in [0.717, 1.165) is 17.3 Å². The molecule has 0 aliphatic heterocycles. The smallest absolute Gasteiger partial charge is 0.328 e. The molecule has 0 spiro atoms. The van der Waals surface area contributed by atoms with Crippen molar-refractivity contribution >= 4 is 29.3 Å². The van der Waals surface area contributed by atoms with Gasteiger partial charge in [0.1, 0.15) is 0 Å². The molecule has 5 nitrogen and oxygen atoms in total. The summed E-state index contributed by atoms with van der Waals surface area (Å²) in [5.74, 6) is -1.00. The van der Waals surface area contributed by atoms with Crippen LogP contribution in [0.3, 0.4) is 0 Å². The Bertz CT molecular complexity index is 679. The maximum absolute atomic E-state index is 10.7. The molecule has 2 aromatic rings. The van der Waals surface area contributed by atoms with E-state index in [1.54, 1.807) is 16.9 Å². The quantitative estimate of drug-likeness (QED) is 0.863. The van der Waals surface area contributed by atoms with E-state index in [9.17, 15) is 4.79 Å². The first-order valence-electron chi connectivity index (χ1n) is 6.35. The number of carboxylic acids is 1. The highest BCUT2D eigenvalue weighted by atomic mass is 35.5. The number of aryl methyl sites for hydroxylation is 1. The van der Waals surface area contributed by atoms with Gasteiger partial charge in [0, 0.05) is 54.7 Å². The number of aliphatic carboxylic acids is 1. The van der Waals surface area contributed by atoms with Gasteiger partial charge in [-0.25, -0.2) is 4.79 Å². The Kier molecular flexibility index (Phi) is 4.65. The topological polar surface area (TPSA) is 58.4 Å². The normalized spacial score (nSPS) is 11.0. The molecule has 6 heteroatoms. The summed E-state index contributed by atoms with van der Waals surface area (Å²) in [4.78, 5) is 12.7.